The molecule has 0 aliphatic rings. The maximum absolute atomic E-state index is 12.2. The van der Waals surface area contributed by atoms with E-state index in [1.165, 1.54) is 0 Å². The van der Waals surface area contributed by atoms with E-state index in [2.05, 4.69) is 37.9 Å². The summed E-state index contributed by atoms with van der Waals surface area (Å²) in [6, 6.07) is 0.513. The van der Waals surface area contributed by atoms with Gasteiger partial charge in [0.1, 0.15) is 5.54 Å². The van der Waals surface area contributed by atoms with Gasteiger partial charge in [0.2, 0.25) is 0 Å². The van der Waals surface area contributed by atoms with Crippen molar-refractivity contribution in [3.05, 3.63) is 0 Å². The maximum atomic E-state index is 12.2. The van der Waals surface area contributed by atoms with E-state index in [1.54, 1.807) is 0 Å². The molecule has 0 aliphatic carbocycles. The molecule has 20 heavy (non-hydrogen) atoms. The molecular weight excluding hydrogens is 252 g/mol. The van der Waals surface area contributed by atoms with E-state index in [9.17, 15) is 4.79 Å². The van der Waals surface area contributed by atoms with Crippen LogP contribution in [-0.2, 0) is 9.53 Å². The summed E-state index contributed by atoms with van der Waals surface area (Å²) in [7, 11) is 1.83. The summed E-state index contributed by atoms with van der Waals surface area (Å²) in [6.07, 6.45) is 2.21. The van der Waals surface area contributed by atoms with E-state index in [0.29, 0.717) is 25.1 Å². The van der Waals surface area contributed by atoms with Gasteiger partial charge < -0.3 is 10.1 Å². The van der Waals surface area contributed by atoms with Gasteiger partial charge in [-0.2, -0.15) is 0 Å². The molecular formula is C16H34N2O2. The van der Waals surface area contributed by atoms with E-state index in [0.717, 1.165) is 19.4 Å². The summed E-state index contributed by atoms with van der Waals surface area (Å²) in [5.74, 6) is 0.418. The Bertz CT molecular complexity index is 278. The number of ether oxygens (including phenoxy) is 1. The zero-order valence-electron chi connectivity index (χ0n) is 14.5. The minimum absolute atomic E-state index is 0.165. The van der Waals surface area contributed by atoms with E-state index in [-0.39, 0.29) is 5.97 Å². The van der Waals surface area contributed by atoms with Gasteiger partial charge in [-0.3, -0.25) is 9.69 Å². The van der Waals surface area contributed by atoms with Gasteiger partial charge in [-0.15, -0.1) is 0 Å². The number of hydrogen-bond donors (Lipinski definition) is 1. The Labute approximate surface area is 125 Å². The van der Waals surface area contributed by atoms with Crippen LogP contribution in [0.25, 0.3) is 0 Å². The summed E-state index contributed by atoms with van der Waals surface area (Å²) in [4.78, 5) is 14.6. The standard InChI is InChI=1S/C16H34N2O2/c1-8-14(9-2)18(11-13(4)5)12-16(6,17-7)15(19)20-10-3/h13-14,17H,8-12H2,1-7H3. The molecule has 0 saturated carbocycles. The highest BCUT2D eigenvalue weighted by Gasteiger charge is 2.36. The smallest absolute Gasteiger partial charge is 0.327 e. The molecule has 1 unspecified atom stereocenters. The molecule has 4 heteroatoms. The second-order valence-corrected chi connectivity index (χ2v) is 6.10. The second kappa shape index (κ2) is 9.35. The number of nitrogens with one attached hydrogen (secondary N) is 1. The van der Waals surface area contributed by atoms with Gasteiger partial charge in [0.05, 0.1) is 6.61 Å². The van der Waals surface area contributed by atoms with E-state index in [4.69, 9.17) is 4.74 Å². The van der Waals surface area contributed by atoms with Gasteiger partial charge in [0.25, 0.3) is 0 Å². The lowest BCUT2D eigenvalue weighted by Crippen LogP contribution is -2.58. The Balaban J connectivity index is 5.03. The van der Waals surface area contributed by atoms with Crippen LogP contribution in [0.3, 0.4) is 0 Å². The molecule has 0 rings (SSSR count). The number of nitrogens with zero attached hydrogens (tertiary/aromatic N) is 1. The fourth-order valence-corrected chi connectivity index (χ4v) is 2.56. The van der Waals surface area contributed by atoms with E-state index in [1.807, 2.05) is 20.9 Å². The summed E-state index contributed by atoms with van der Waals surface area (Å²) in [5, 5.41) is 3.15. The van der Waals surface area contributed by atoms with Gasteiger partial charge in [0.15, 0.2) is 0 Å². The van der Waals surface area contributed by atoms with Gasteiger partial charge in [0, 0.05) is 19.1 Å². The van der Waals surface area contributed by atoms with Crippen molar-refractivity contribution < 1.29 is 9.53 Å². The third-order valence-corrected chi connectivity index (χ3v) is 3.86. The lowest BCUT2D eigenvalue weighted by Gasteiger charge is -2.38. The molecule has 0 amide bonds. The first-order valence-corrected chi connectivity index (χ1v) is 7.94. The first-order valence-electron chi connectivity index (χ1n) is 7.94. The highest BCUT2D eigenvalue weighted by atomic mass is 16.5. The minimum Gasteiger partial charge on any atom is -0.465 e. The van der Waals surface area contributed by atoms with Crippen LogP contribution in [0, 0.1) is 5.92 Å². The normalized spacial score (nSPS) is 14.9. The van der Waals surface area contributed by atoms with E-state index < -0.39 is 5.54 Å². The van der Waals surface area contributed by atoms with Gasteiger partial charge in [-0.1, -0.05) is 27.7 Å². The van der Waals surface area contributed by atoms with Crippen LogP contribution in [-0.4, -0.2) is 49.2 Å². The largest absolute Gasteiger partial charge is 0.465 e. The Hall–Kier alpha value is -0.610. The van der Waals surface area contributed by atoms with Gasteiger partial charge in [-0.05, 0) is 39.7 Å². The first kappa shape index (κ1) is 19.4. The average molecular weight is 286 g/mol. The topological polar surface area (TPSA) is 41.6 Å². The molecule has 0 aliphatic heterocycles. The van der Waals surface area contributed by atoms with Crippen molar-refractivity contribution in [3.8, 4) is 0 Å². The Kier molecular flexibility index (Phi) is 9.06. The van der Waals surface area contributed by atoms with Crippen LogP contribution in [0.5, 0.6) is 0 Å². The summed E-state index contributed by atoms with van der Waals surface area (Å²) >= 11 is 0. The fourth-order valence-electron chi connectivity index (χ4n) is 2.56. The zero-order valence-corrected chi connectivity index (χ0v) is 14.5. The number of carbonyl (C=O) groups is 1. The lowest BCUT2D eigenvalue weighted by molar-refractivity contribution is -0.151. The number of carbonyl (C=O) groups excluding carboxylic acids is 1. The number of hydrogen-bond acceptors (Lipinski definition) is 4. The number of esters is 1. The highest BCUT2D eigenvalue weighted by Crippen LogP contribution is 2.17. The van der Waals surface area contributed by atoms with Crippen molar-refractivity contribution in [1.29, 1.82) is 0 Å². The molecule has 0 aromatic carbocycles. The van der Waals surface area contributed by atoms with Crippen molar-refractivity contribution in [1.82, 2.24) is 10.2 Å². The van der Waals surface area contributed by atoms with Gasteiger partial charge >= 0.3 is 5.97 Å². The summed E-state index contributed by atoms with van der Waals surface area (Å²) in [5.41, 5.74) is -0.645. The molecule has 4 nitrogen and oxygen atoms in total. The van der Waals surface area contributed by atoms with Crippen LogP contribution < -0.4 is 5.32 Å². The molecule has 0 saturated heterocycles. The zero-order chi connectivity index (χ0) is 15.8. The Morgan fingerprint density at radius 3 is 2.15 bits per heavy atom. The first-order chi connectivity index (χ1) is 9.34. The molecule has 0 aromatic heterocycles. The second-order valence-electron chi connectivity index (χ2n) is 6.10. The monoisotopic (exact) mass is 286 g/mol. The molecule has 1 N–H and O–H groups in total. The predicted octanol–water partition coefficient (Wildman–Crippen LogP) is 2.67. The van der Waals surface area contributed by atoms with Crippen molar-refractivity contribution in [2.45, 2.75) is 66.0 Å². The average Bonchev–Trinajstić information content (AvgIpc) is 2.39. The predicted molar refractivity (Wildman–Crippen MR) is 84.9 cm³/mol. The van der Waals surface area contributed by atoms with Crippen LogP contribution in [0.4, 0.5) is 0 Å². The van der Waals surface area contributed by atoms with Crippen molar-refractivity contribution in [2.75, 3.05) is 26.7 Å². The van der Waals surface area contributed by atoms with Gasteiger partial charge in [-0.25, -0.2) is 0 Å². The van der Waals surface area contributed by atoms with Crippen molar-refractivity contribution in [3.63, 3.8) is 0 Å². The molecule has 0 heterocycles. The quantitative estimate of drug-likeness (QED) is 0.627. The third-order valence-electron chi connectivity index (χ3n) is 3.86. The SMILES string of the molecule is CCOC(=O)C(C)(CN(CC(C)C)C(CC)CC)NC. The molecule has 0 aromatic rings. The lowest BCUT2D eigenvalue weighted by atomic mass is 9.98. The Morgan fingerprint density at radius 1 is 1.25 bits per heavy atom. The summed E-state index contributed by atoms with van der Waals surface area (Å²) in [6.45, 7) is 14.8. The van der Waals surface area contributed by atoms with Crippen LogP contribution in [0.15, 0.2) is 0 Å². The molecule has 0 radical (unpaired) electrons. The molecule has 1 atom stereocenters. The van der Waals surface area contributed by atoms with Crippen LogP contribution in [0.2, 0.25) is 0 Å². The molecule has 120 valence electrons. The fraction of sp³-hybridized carbons (Fsp3) is 0.938. The summed E-state index contributed by atoms with van der Waals surface area (Å²) < 4.78 is 5.22. The molecule has 0 bridgehead atoms. The third kappa shape index (κ3) is 5.80. The number of rotatable bonds is 10. The Morgan fingerprint density at radius 2 is 1.80 bits per heavy atom. The molecule has 0 fully saturated rings. The van der Waals surface area contributed by atoms with Crippen molar-refractivity contribution in [2.24, 2.45) is 5.92 Å². The van der Waals surface area contributed by atoms with E-state index >= 15 is 0 Å². The van der Waals surface area contributed by atoms with Crippen molar-refractivity contribution >= 4 is 5.97 Å². The highest BCUT2D eigenvalue weighted by molar-refractivity contribution is 5.80. The minimum atomic E-state index is -0.645. The maximum Gasteiger partial charge on any atom is 0.327 e. The molecule has 0 spiro atoms. The van der Waals surface area contributed by atoms with Crippen LogP contribution >= 0.6 is 0 Å². The van der Waals surface area contributed by atoms with Crippen LogP contribution in [0.1, 0.15) is 54.4 Å². The number of likely N-dealkylation sites (N-methyl/N-ethyl adjacent to an activating group) is 1.